The lowest BCUT2D eigenvalue weighted by atomic mass is 9.43. The zero-order valence-corrected chi connectivity index (χ0v) is 11.8. The zero-order chi connectivity index (χ0) is 16.1. The molecule has 0 saturated carbocycles. The van der Waals surface area contributed by atoms with Crippen molar-refractivity contribution in [2.24, 2.45) is 0 Å². The van der Waals surface area contributed by atoms with Crippen LogP contribution in [0.15, 0.2) is 12.3 Å². The summed E-state index contributed by atoms with van der Waals surface area (Å²) in [5.74, 6) is 2.23. The number of amides is 1. The van der Waals surface area contributed by atoms with Crippen molar-refractivity contribution in [1.29, 1.82) is 5.26 Å². The standard InChI is InChI=1S/C13H12BF3N4O/c1-20-9-4-8(13(15,16)17)6-19-11(9)21-3-2-14(7-18)5-10(21)12(20)22/h4,6,10H,2-3,5H2,1H3. The molecule has 1 amide bonds. The molecule has 0 aromatic carbocycles. The molecule has 1 atom stereocenters. The predicted octanol–water partition coefficient (Wildman–Crippen LogP) is 1.82. The summed E-state index contributed by atoms with van der Waals surface area (Å²) in [6.07, 6.45) is -2.76. The Hall–Kier alpha value is -2.24. The number of rotatable bonds is 0. The molecule has 9 heteroatoms. The third-order valence-corrected chi connectivity index (χ3v) is 4.21. The number of hydrogen-bond acceptors (Lipinski definition) is 4. The quantitative estimate of drug-likeness (QED) is 0.686. The van der Waals surface area contributed by atoms with Crippen LogP contribution in [0.3, 0.4) is 0 Å². The second kappa shape index (κ2) is 4.90. The number of carbonyl (C=O) groups is 1. The van der Waals surface area contributed by atoms with Crippen LogP contribution in [0.25, 0.3) is 0 Å². The number of likely N-dealkylation sites (N-methyl/N-ethyl adjacent to an activating group) is 1. The lowest BCUT2D eigenvalue weighted by Crippen LogP contribution is -2.57. The van der Waals surface area contributed by atoms with E-state index in [2.05, 4.69) is 11.0 Å². The maximum atomic E-state index is 12.8. The fourth-order valence-electron chi connectivity index (χ4n) is 2.98. The van der Waals surface area contributed by atoms with E-state index in [4.69, 9.17) is 5.26 Å². The van der Waals surface area contributed by atoms with Gasteiger partial charge in [-0.2, -0.15) is 13.2 Å². The number of aromatic nitrogens is 1. The summed E-state index contributed by atoms with van der Waals surface area (Å²) in [4.78, 5) is 19.3. The number of carbonyl (C=O) groups excluding carboxylic acids is 1. The van der Waals surface area contributed by atoms with Crippen LogP contribution in [0.2, 0.25) is 12.6 Å². The Kier molecular flexibility index (Phi) is 3.27. The summed E-state index contributed by atoms with van der Waals surface area (Å²) in [6.45, 7) is 0.225. The van der Waals surface area contributed by atoms with Gasteiger partial charge in [0, 0.05) is 25.8 Å². The number of fused-ring (bicyclic) bond motifs is 3. The van der Waals surface area contributed by atoms with E-state index in [0.717, 1.165) is 12.3 Å². The summed E-state index contributed by atoms with van der Waals surface area (Å²) < 4.78 is 38.5. The minimum Gasteiger partial charge on any atom is -0.344 e. The fraction of sp³-hybridized carbons (Fsp3) is 0.462. The summed E-state index contributed by atoms with van der Waals surface area (Å²) in [7, 11) is 1.44. The largest absolute Gasteiger partial charge is 0.417 e. The molecule has 0 N–H and O–H groups in total. The average molecular weight is 308 g/mol. The van der Waals surface area contributed by atoms with Gasteiger partial charge in [0.1, 0.15) is 6.04 Å². The minimum absolute atomic E-state index is 0.159. The summed E-state index contributed by atoms with van der Waals surface area (Å²) in [6, 6.07) is 0.424. The van der Waals surface area contributed by atoms with Gasteiger partial charge in [-0.1, -0.05) is 0 Å². The van der Waals surface area contributed by atoms with E-state index in [0.29, 0.717) is 25.0 Å². The summed E-state index contributed by atoms with van der Waals surface area (Å²) >= 11 is 0. The molecule has 22 heavy (non-hydrogen) atoms. The number of halogens is 3. The molecular weight excluding hydrogens is 296 g/mol. The first-order chi connectivity index (χ1) is 10.3. The molecule has 114 valence electrons. The molecule has 3 heterocycles. The highest BCUT2D eigenvalue weighted by Gasteiger charge is 2.43. The number of anilines is 2. The maximum absolute atomic E-state index is 12.8. The molecule has 0 bridgehead atoms. The van der Waals surface area contributed by atoms with Gasteiger partial charge >= 0.3 is 6.18 Å². The SMILES string of the molecule is CN1C(=O)C2CB(C#N)CCN2c2ncc(C(F)(F)F)cc21. The number of alkyl halides is 3. The zero-order valence-electron chi connectivity index (χ0n) is 11.8. The van der Waals surface area contributed by atoms with Gasteiger partial charge < -0.3 is 9.80 Å². The third kappa shape index (κ3) is 2.19. The van der Waals surface area contributed by atoms with Crippen molar-refractivity contribution in [1.82, 2.24) is 4.98 Å². The first kappa shape index (κ1) is 14.7. The second-order valence-corrected chi connectivity index (χ2v) is 5.52. The molecule has 3 rings (SSSR count). The molecule has 1 unspecified atom stereocenters. The van der Waals surface area contributed by atoms with Crippen molar-refractivity contribution in [3.05, 3.63) is 17.8 Å². The summed E-state index contributed by atoms with van der Waals surface area (Å²) in [5.41, 5.74) is -0.720. The van der Waals surface area contributed by atoms with Crippen LogP contribution < -0.4 is 9.80 Å². The van der Waals surface area contributed by atoms with E-state index < -0.39 is 17.8 Å². The maximum Gasteiger partial charge on any atom is 0.417 e. The van der Waals surface area contributed by atoms with E-state index in [1.807, 2.05) is 0 Å². The van der Waals surface area contributed by atoms with Crippen LogP contribution in [0.4, 0.5) is 24.7 Å². The van der Waals surface area contributed by atoms with Crippen LogP contribution in [-0.2, 0) is 11.0 Å². The Balaban J connectivity index is 2.04. The average Bonchev–Trinajstić information content (AvgIpc) is 2.50. The Labute approximate surface area is 125 Å². The Morgan fingerprint density at radius 1 is 1.50 bits per heavy atom. The molecule has 0 aliphatic carbocycles. The fourth-order valence-corrected chi connectivity index (χ4v) is 2.98. The number of nitriles is 1. The molecule has 2 aliphatic rings. The van der Waals surface area contributed by atoms with Gasteiger partial charge in [-0.25, -0.2) is 10.2 Å². The molecule has 1 aromatic rings. The van der Waals surface area contributed by atoms with E-state index >= 15 is 0 Å². The van der Waals surface area contributed by atoms with E-state index in [9.17, 15) is 18.0 Å². The van der Waals surface area contributed by atoms with Crippen molar-refractivity contribution >= 4 is 24.1 Å². The highest BCUT2D eigenvalue weighted by atomic mass is 19.4. The van der Waals surface area contributed by atoms with Gasteiger partial charge in [-0.15, -0.1) is 0 Å². The van der Waals surface area contributed by atoms with E-state index in [1.165, 1.54) is 11.9 Å². The Bertz CT molecular complexity index is 672. The first-order valence-electron chi connectivity index (χ1n) is 6.84. The van der Waals surface area contributed by atoms with Crippen LogP contribution >= 0.6 is 0 Å². The topological polar surface area (TPSA) is 60.2 Å². The van der Waals surface area contributed by atoms with E-state index in [1.54, 1.807) is 4.90 Å². The van der Waals surface area contributed by atoms with Crippen LogP contribution in [0.1, 0.15) is 5.56 Å². The molecule has 1 aromatic heterocycles. The van der Waals surface area contributed by atoms with Crippen molar-refractivity contribution in [3.63, 3.8) is 0 Å². The molecule has 1 saturated heterocycles. The highest BCUT2D eigenvalue weighted by Crippen LogP contribution is 2.40. The molecule has 5 nitrogen and oxygen atoms in total. The van der Waals surface area contributed by atoms with Gasteiger partial charge in [0.15, 0.2) is 5.82 Å². The normalized spacial score (nSPS) is 21.3. The molecule has 0 radical (unpaired) electrons. The molecule has 0 spiro atoms. The van der Waals surface area contributed by atoms with Gasteiger partial charge in [0.25, 0.3) is 6.71 Å². The lowest BCUT2D eigenvalue weighted by molar-refractivity contribution is -0.137. The Morgan fingerprint density at radius 2 is 2.23 bits per heavy atom. The van der Waals surface area contributed by atoms with Gasteiger partial charge in [-0.05, 0) is 18.7 Å². The monoisotopic (exact) mass is 308 g/mol. The molecular formula is C13H12BF3N4O. The lowest BCUT2D eigenvalue weighted by Gasteiger charge is -2.43. The van der Waals surface area contributed by atoms with Crippen molar-refractivity contribution in [2.75, 3.05) is 23.4 Å². The number of hydrogen-bond donors (Lipinski definition) is 0. The Morgan fingerprint density at radius 3 is 2.86 bits per heavy atom. The smallest absolute Gasteiger partial charge is 0.344 e. The van der Waals surface area contributed by atoms with Crippen LogP contribution in [0.5, 0.6) is 0 Å². The molecule has 1 fully saturated rings. The second-order valence-electron chi connectivity index (χ2n) is 5.52. The van der Waals surface area contributed by atoms with E-state index in [-0.39, 0.29) is 18.3 Å². The van der Waals surface area contributed by atoms with Crippen LogP contribution in [0, 0.1) is 11.2 Å². The van der Waals surface area contributed by atoms with Crippen LogP contribution in [-0.4, -0.2) is 37.2 Å². The predicted molar refractivity (Wildman–Crippen MR) is 74.8 cm³/mol. The number of pyridine rings is 1. The van der Waals surface area contributed by atoms with Crippen molar-refractivity contribution in [3.8, 4) is 5.97 Å². The first-order valence-corrected chi connectivity index (χ1v) is 6.84. The minimum atomic E-state index is -4.50. The number of nitrogens with zero attached hydrogens (tertiary/aromatic N) is 4. The van der Waals surface area contributed by atoms with Gasteiger partial charge in [0.05, 0.1) is 11.3 Å². The molecule has 2 aliphatic heterocycles. The summed E-state index contributed by atoms with van der Waals surface area (Å²) in [5, 5.41) is 9.02. The van der Waals surface area contributed by atoms with Gasteiger partial charge in [0.2, 0.25) is 5.91 Å². The third-order valence-electron chi connectivity index (χ3n) is 4.21. The van der Waals surface area contributed by atoms with Crippen molar-refractivity contribution in [2.45, 2.75) is 24.9 Å². The van der Waals surface area contributed by atoms with Gasteiger partial charge in [-0.3, -0.25) is 4.79 Å². The van der Waals surface area contributed by atoms with Crippen molar-refractivity contribution < 1.29 is 18.0 Å². The highest BCUT2D eigenvalue weighted by molar-refractivity contribution is 6.67.